The van der Waals surface area contributed by atoms with Crippen molar-refractivity contribution in [1.29, 1.82) is 0 Å². The van der Waals surface area contributed by atoms with Crippen LogP contribution in [0.2, 0.25) is 0 Å². The number of nitrogens with one attached hydrogen (secondary N) is 1. The molecule has 0 atom stereocenters. The van der Waals surface area contributed by atoms with Crippen molar-refractivity contribution in [2.24, 2.45) is 0 Å². The Morgan fingerprint density at radius 1 is 1.33 bits per heavy atom. The van der Waals surface area contributed by atoms with Gasteiger partial charge >= 0.3 is 0 Å². The maximum Gasteiger partial charge on any atom is 0.294 e. The van der Waals surface area contributed by atoms with Gasteiger partial charge in [-0.25, -0.2) is 0 Å². The average Bonchev–Trinajstić information content (AvgIpc) is 2.92. The highest BCUT2D eigenvalue weighted by Crippen LogP contribution is 2.24. The van der Waals surface area contributed by atoms with Gasteiger partial charge < -0.3 is 19.3 Å². The van der Waals surface area contributed by atoms with E-state index >= 15 is 0 Å². The summed E-state index contributed by atoms with van der Waals surface area (Å²) in [5.41, 5.74) is 1.23. The van der Waals surface area contributed by atoms with Crippen LogP contribution in [0.5, 0.6) is 5.75 Å². The van der Waals surface area contributed by atoms with Gasteiger partial charge in [-0.1, -0.05) is 17.3 Å². The molecule has 0 saturated heterocycles. The summed E-state index contributed by atoms with van der Waals surface area (Å²) in [7, 11) is 0. The van der Waals surface area contributed by atoms with E-state index in [0.717, 1.165) is 0 Å². The first-order chi connectivity index (χ1) is 10.2. The summed E-state index contributed by atoms with van der Waals surface area (Å²) in [6.45, 7) is 5.24. The summed E-state index contributed by atoms with van der Waals surface area (Å²) in [6.07, 6.45) is 0. The van der Waals surface area contributed by atoms with E-state index in [-0.39, 0.29) is 11.7 Å². The molecule has 0 fully saturated rings. The Labute approximate surface area is 123 Å². The molecule has 1 N–H and O–H groups in total. The van der Waals surface area contributed by atoms with Gasteiger partial charge in [-0.3, -0.25) is 4.79 Å². The van der Waals surface area contributed by atoms with E-state index in [0.29, 0.717) is 37.0 Å². The molecule has 112 valence electrons. The maximum atomic E-state index is 12.0. The lowest BCUT2D eigenvalue weighted by Gasteiger charge is -2.11. The summed E-state index contributed by atoms with van der Waals surface area (Å²) >= 11 is 0. The number of carbonyl (C=O) groups is 1. The Morgan fingerprint density at radius 3 is 2.86 bits per heavy atom. The van der Waals surface area contributed by atoms with Crippen LogP contribution in [0.25, 0.3) is 0 Å². The van der Waals surface area contributed by atoms with Gasteiger partial charge in [0.2, 0.25) is 5.76 Å². The number of carbonyl (C=O) groups excluding carboxylic acids is 1. The molecular weight excluding hydrogens is 272 g/mol. The number of nitrogens with zero attached hydrogens (tertiary/aromatic N) is 1. The summed E-state index contributed by atoms with van der Waals surface area (Å²) < 4.78 is 15.7. The number of aryl methyl sites for hydroxylation is 1. The first-order valence-corrected chi connectivity index (χ1v) is 6.75. The lowest BCUT2D eigenvalue weighted by atomic mass is 10.2. The van der Waals surface area contributed by atoms with E-state index in [1.54, 1.807) is 25.1 Å². The highest BCUT2D eigenvalue weighted by Gasteiger charge is 2.14. The highest BCUT2D eigenvalue weighted by atomic mass is 16.5. The van der Waals surface area contributed by atoms with Gasteiger partial charge in [-0.15, -0.1) is 0 Å². The van der Waals surface area contributed by atoms with Gasteiger partial charge in [0.1, 0.15) is 12.4 Å². The van der Waals surface area contributed by atoms with E-state index in [1.807, 2.05) is 19.1 Å². The monoisotopic (exact) mass is 290 g/mol. The summed E-state index contributed by atoms with van der Waals surface area (Å²) in [5.74, 6) is 0.384. The molecular formula is C15H18N2O4. The Kier molecular flexibility index (Phi) is 5.34. The molecule has 0 bridgehead atoms. The maximum absolute atomic E-state index is 12.0. The van der Waals surface area contributed by atoms with E-state index in [1.165, 1.54) is 0 Å². The Hall–Kier alpha value is -2.34. The minimum atomic E-state index is -0.364. The third-order valence-corrected chi connectivity index (χ3v) is 2.68. The van der Waals surface area contributed by atoms with Crippen molar-refractivity contribution in [2.45, 2.75) is 13.8 Å². The normalized spacial score (nSPS) is 10.4. The number of aromatic nitrogens is 1. The molecule has 0 radical (unpaired) electrons. The molecule has 2 rings (SSSR count). The summed E-state index contributed by atoms with van der Waals surface area (Å²) in [5, 5.41) is 6.43. The molecule has 0 aliphatic rings. The number of ether oxygens (including phenoxy) is 2. The third-order valence-electron chi connectivity index (χ3n) is 2.68. The number of benzene rings is 1. The molecule has 2 aromatic rings. The molecule has 6 nitrogen and oxygen atoms in total. The van der Waals surface area contributed by atoms with Crippen molar-refractivity contribution >= 4 is 11.6 Å². The number of hydrogen-bond acceptors (Lipinski definition) is 5. The van der Waals surface area contributed by atoms with Gasteiger partial charge in [-0.2, -0.15) is 0 Å². The third kappa shape index (κ3) is 4.32. The lowest BCUT2D eigenvalue weighted by molar-refractivity contribution is 0.0986. The van der Waals surface area contributed by atoms with Crippen molar-refractivity contribution < 1.29 is 18.8 Å². The lowest BCUT2D eigenvalue weighted by Crippen LogP contribution is -2.13. The SMILES string of the molecule is CCOCCOc1ccccc1NC(=O)c1cc(C)no1. The quantitative estimate of drug-likeness (QED) is 0.793. The summed E-state index contributed by atoms with van der Waals surface area (Å²) in [6, 6.07) is 8.78. The van der Waals surface area contributed by atoms with Gasteiger partial charge in [0, 0.05) is 12.7 Å². The van der Waals surface area contributed by atoms with Crippen molar-refractivity contribution in [2.75, 3.05) is 25.1 Å². The topological polar surface area (TPSA) is 73.6 Å². The second-order valence-electron chi connectivity index (χ2n) is 4.33. The Bertz CT molecular complexity index is 595. The van der Waals surface area contributed by atoms with Crippen LogP contribution in [0, 0.1) is 6.92 Å². The number of para-hydroxylation sites is 2. The van der Waals surface area contributed by atoms with Gasteiger partial charge in [0.25, 0.3) is 5.91 Å². The van der Waals surface area contributed by atoms with Crippen LogP contribution in [0.4, 0.5) is 5.69 Å². The molecule has 0 saturated carbocycles. The molecule has 6 heteroatoms. The van der Waals surface area contributed by atoms with Crippen LogP contribution >= 0.6 is 0 Å². The molecule has 0 unspecified atom stereocenters. The van der Waals surface area contributed by atoms with E-state index in [2.05, 4.69) is 10.5 Å². The Balaban J connectivity index is 2.00. The smallest absolute Gasteiger partial charge is 0.294 e. The molecule has 1 heterocycles. The van der Waals surface area contributed by atoms with Crippen LogP contribution in [-0.4, -0.2) is 30.9 Å². The van der Waals surface area contributed by atoms with Crippen LogP contribution in [0.1, 0.15) is 23.2 Å². The highest BCUT2D eigenvalue weighted by molar-refractivity contribution is 6.03. The number of amides is 1. The van der Waals surface area contributed by atoms with Gasteiger partial charge in [-0.05, 0) is 26.0 Å². The molecule has 1 aromatic heterocycles. The van der Waals surface area contributed by atoms with Crippen molar-refractivity contribution in [1.82, 2.24) is 5.16 Å². The zero-order valence-corrected chi connectivity index (χ0v) is 12.1. The molecule has 1 aromatic carbocycles. The van der Waals surface area contributed by atoms with Crippen LogP contribution < -0.4 is 10.1 Å². The first kappa shape index (κ1) is 15.1. The Morgan fingerprint density at radius 2 is 2.14 bits per heavy atom. The molecule has 1 amide bonds. The molecule has 0 spiro atoms. The minimum absolute atomic E-state index is 0.164. The van der Waals surface area contributed by atoms with E-state index in [9.17, 15) is 4.79 Å². The predicted octanol–water partition coefficient (Wildman–Crippen LogP) is 2.65. The van der Waals surface area contributed by atoms with Crippen LogP contribution in [0.3, 0.4) is 0 Å². The number of anilines is 1. The second kappa shape index (κ2) is 7.44. The van der Waals surface area contributed by atoms with Crippen molar-refractivity contribution in [3.05, 3.63) is 41.8 Å². The average molecular weight is 290 g/mol. The van der Waals surface area contributed by atoms with E-state index < -0.39 is 0 Å². The number of rotatable bonds is 7. The van der Waals surface area contributed by atoms with E-state index in [4.69, 9.17) is 14.0 Å². The van der Waals surface area contributed by atoms with Crippen LogP contribution in [-0.2, 0) is 4.74 Å². The standard InChI is InChI=1S/C15H18N2O4/c1-3-19-8-9-20-13-7-5-4-6-12(13)16-15(18)14-10-11(2)17-21-14/h4-7,10H,3,8-9H2,1-2H3,(H,16,18). The minimum Gasteiger partial charge on any atom is -0.489 e. The molecule has 0 aliphatic carbocycles. The number of hydrogen-bond donors (Lipinski definition) is 1. The zero-order chi connectivity index (χ0) is 15.1. The molecule has 0 aliphatic heterocycles. The van der Waals surface area contributed by atoms with Crippen LogP contribution in [0.15, 0.2) is 34.9 Å². The van der Waals surface area contributed by atoms with Gasteiger partial charge in [0.15, 0.2) is 0 Å². The van der Waals surface area contributed by atoms with Crippen molar-refractivity contribution in [3.63, 3.8) is 0 Å². The van der Waals surface area contributed by atoms with Gasteiger partial charge in [0.05, 0.1) is 18.0 Å². The zero-order valence-electron chi connectivity index (χ0n) is 12.1. The summed E-state index contributed by atoms with van der Waals surface area (Å²) in [4.78, 5) is 12.0. The first-order valence-electron chi connectivity index (χ1n) is 6.75. The predicted molar refractivity (Wildman–Crippen MR) is 77.6 cm³/mol. The second-order valence-corrected chi connectivity index (χ2v) is 4.33. The fourth-order valence-electron chi connectivity index (χ4n) is 1.71. The molecule has 21 heavy (non-hydrogen) atoms. The van der Waals surface area contributed by atoms with Crippen molar-refractivity contribution in [3.8, 4) is 5.75 Å². The largest absolute Gasteiger partial charge is 0.489 e. The fraction of sp³-hybridized carbons (Fsp3) is 0.333. The fourth-order valence-corrected chi connectivity index (χ4v) is 1.71.